The van der Waals surface area contributed by atoms with E-state index in [0.29, 0.717) is 5.69 Å². The number of carbonyl (C=O) groups excluding carboxylic acids is 1. The summed E-state index contributed by atoms with van der Waals surface area (Å²) in [5.74, 6) is -0.957. The summed E-state index contributed by atoms with van der Waals surface area (Å²) < 4.78 is 13.0. The summed E-state index contributed by atoms with van der Waals surface area (Å²) in [4.78, 5) is 11.1. The first kappa shape index (κ1) is 12.5. The van der Waals surface area contributed by atoms with Crippen LogP contribution in [0.25, 0.3) is 0 Å². The molecule has 86 valence electrons. The molecular formula is C11H9FN4O. The molecule has 0 aliphatic rings. The van der Waals surface area contributed by atoms with Gasteiger partial charge >= 0.3 is 0 Å². The zero-order valence-electron chi connectivity index (χ0n) is 8.83. The van der Waals surface area contributed by atoms with Crippen molar-refractivity contribution in [1.82, 2.24) is 5.32 Å². The second-order valence-corrected chi connectivity index (χ2v) is 3.09. The van der Waals surface area contributed by atoms with Crippen molar-refractivity contribution in [2.24, 2.45) is 0 Å². The number of nitrogens with one attached hydrogen (secondary N) is 2. The maximum atomic E-state index is 13.0. The van der Waals surface area contributed by atoms with Gasteiger partial charge in [-0.05, 0) is 18.2 Å². The number of anilines is 1. The molecule has 0 aliphatic heterocycles. The number of carbonyl (C=O) groups is 1. The van der Waals surface area contributed by atoms with Crippen LogP contribution in [0.4, 0.5) is 10.1 Å². The van der Waals surface area contributed by atoms with Crippen LogP contribution < -0.4 is 10.6 Å². The Morgan fingerprint density at radius 2 is 2.18 bits per heavy atom. The lowest BCUT2D eigenvalue weighted by atomic mass is 10.2. The van der Waals surface area contributed by atoms with Gasteiger partial charge in [0.2, 0.25) is 5.91 Å². The lowest BCUT2D eigenvalue weighted by Gasteiger charge is -2.06. The van der Waals surface area contributed by atoms with Gasteiger partial charge < -0.3 is 10.6 Å². The third kappa shape index (κ3) is 3.80. The second kappa shape index (κ2) is 6.09. The number of nitriles is 2. The number of hydrogen-bond acceptors (Lipinski definition) is 4. The fourth-order valence-electron chi connectivity index (χ4n) is 1.10. The van der Waals surface area contributed by atoms with Crippen LogP contribution in [0.5, 0.6) is 0 Å². The van der Waals surface area contributed by atoms with Gasteiger partial charge in [-0.15, -0.1) is 0 Å². The Hall–Kier alpha value is -2.60. The number of hydrogen-bond donors (Lipinski definition) is 2. The van der Waals surface area contributed by atoms with Crippen LogP contribution in [0.15, 0.2) is 18.2 Å². The fraction of sp³-hybridized carbons (Fsp3) is 0.182. The van der Waals surface area contributed by atoms with Gasteiger partial charge in [0.05, 0.1) is 18.2 Å². The third-order valence-corrected chi connectivity index (χ3v) is 1.90. The second-order valence-electron chi connectivity index (χ2n) is 3.09. The van der Waals surface area contributed by atoms with Gasteiger partial charge in [-0.25, -0.2) is 4.39 Å². The van der Waals surface area contributed by atoms with Crippen LogP contribution in [0, 0.1) is 28.5 Å². The van der Waals surface area contributed by atoms with Gasteiger partial charge in [0, 0.05) is 5.69 Å². The molecule has 5 nitrogen and oxygen atoms in total. The minimum atomic E-state index is -0.605. The minimum absolute atomic E-state index is 0.0435. The van der Waals surface area contributed by atoms with E-state index in [1.165, 1.54) is 12.1 Å². The Morgan fingerprint density at radius 1 is 1.41 bits per heavy atom. The smallest absolute Gasteiger partial charge is 0.240 e. The van der Waals surface area contributed by atoms with E-state index in [2.05, 4.69) is 10.6 Å². The molecule has 0 aromatic heterocycles. The van der Waals surface area contributed by atoms with Crippen molar-refractivity contribution in [3.8, 4) is 12.1 Å². The van der Waals surface area contributed by atoms with Crippen LogP contribution >= 0.6 is 0 Å². The van der Waals surface area contributed by atoms with Gasteiger partial charge in [-0.1, -0.05) is 0 Å². The molecule has 0 unspecified atom stereocenters. The number of rotatable bonds is 4. The predicted molar refractivity (Wildman–Crippen MR) is 58.2 cm³/mol. The zero-order valence-corrected chi connectivity index (χ0v) is 8.83. The fourth-order valence-corrected chi connectivity index (χ4v) is 1.10. The predicted octanol–water partition coefficient (Wildman–Crippen LogP) is 0.749. The highest BCUT2D eigenvalue weighted by molar-refractivity contribution is 5.80. The summed E-state index contributed by atoms with van der Waals surface area (Å²) in [6, 6.07) is 7.35. The highest BCUT2D eigenvalue weighted by atomic mass is 19.1. The molecule has 0 fully saturated rings. The van der Waals surface area contributed by atoms with Crippen molar-refractivity contribution in [3.63, 3.8) is 0 Å². The summed E-state index contributed by atoms with van der Waals surface area (Å²) in [7, 11) is 0. The van der Waals surface area contributed by atoms with E-state index in [1.807, 2.05) is 0 Å². The maximum Gasteiger partial charge on any atom is 0.240 e. The molecule has 0 bridgehead atoms. The topological polar surface area (TPSA) is 88.7 Å². The third-order valence-electron chi connectivity index (χ3n) is 1.90. The molecule has 0 atom stereocenters. The normalized spacial score (nSPS) is 8.88. The average molecular weight is 232 g/mol. The van der Waals surface area contributed by atoms with E-state index in [9.17, 15) is 9.18 Å². The van der Waals surface area contributed by atoms with Crippen molar-refractivity contribution in [3.05, 3.63) is 29.6 Å². The number of halogens is 1. The largest absolute Gasteiger partial charge is 0.376 e. The molecule has 6 heteroatoms. The van der Waals surface area contributed by atoms with Crippen molar-refractivity contribution in [2.75, 3.05) is 18.4 Å². The summed E-state index contributed by atoms with van der Waals surface area (Å²) in [5, 5.41) is 21.9. The Bertz CT molecular complexity index is 501. The molecule has 0 saturated carbocycles. The quantitative estimate of drug-likeness (QED) is 0.749. The highest BCUT2D eigenvalue weighted by Gasteiger charge is 2.04. The Balaban J connectivity index is 2.56. The summed E-state index contributed by atoms with van der Waals surface area (Å²) in [5.41, 5.74) is 0.377. The minimum Gasteiger partial charge on any atom is -0.376 e. The van der Waals surface area contributed by atoms with Crippen LogP contribution in [-0.4, -0.2) is 19.0 Å². The first-order valence-electron chi connectivity index (χ1n) is 4.74. The first-order chi connectivity index (χ1) is 8.17. The molecule has 1 aromatic carbocycles. The SMILES string of the molecule is N#CCNC(=O)CNc1ccc(F)c(C#N)c1. The lowest BCUT2D eigenvalue weighted by Crippen LogP contribution is -2.30. The van der Waals surface area contributed by atoms with Gasteiger partial charge in [0.15, 0.2) is 0 Å². The van der Waals surface area contributed by atoms with Crippen LogP contribution in [0.2, 0.25) is 0 Å². The molecule has 17 heavy (non-hydrogen) atoms. The molecule has 1 rings (SSSR count). The molecule has 0 aliphatic carbocycles. The number of nitrogens with zero attached hydrogens (tertiary/aromatic N) is 2. The molecule has 1 amide bonds. The van der Waals surface area contributed by atoms with Crippen LogP contribution in [0.1, 0.15) is 5.56 Å². The molecule has 1 aromatic rings. The van der Waals surface area contributed by atoms with E-state index in [4.69, 9.17) is 10.5 Å². The summed E-state index contributed by atoms with van der Waals surface area (Å²) >= 11 is 0. The van der Waals surface area contributed by atoms with E-state index in [0.717, 1.165) is 6.07 Å². The van der Waals surface area contributed by atoms with E-state index >= 15 is 0 Å². The standard InChI is InChI=1S/C11H9FN4O/c12-10-2-1-9(5-8(10)6-14)16-7-11(17)15-4-3-13/h1-2,5,16H,4,7H2,(H,15,17). The van der Waals surface area contributed by atoms with E-state index in [-0.39, 0.29) is 24.6 Å². The van der Waals surface area contributed by atoms with Crippen LogP contribution in [0.3, 0.4) is 0 Å². The first-order valence-corrected chi connectivity index (χ1v) is 4.74. The monoisotopic (exact) mass is 232 g/mol. The molecule has 0 saturated heterocycles. The molecule has 0 radical (unpaired) electrons. The average Bonchev–Trinajstić information content (AvgIpc) is 2.35. The van der Waals surface area contributed by atoms with Gasteiger partial charge in [-0.2, -0.15) is 10.5 Å². The van der Waals surface area contributed by atoms with Gasteiger partial charge in [0.1, 0.15) is 18.4 Å². The molecular weight excluding hydrogens is 223 g/mol. The number of amides is 1. The van der Waals surface area contributed by atoms with Crippen molar-refractivity contribution >= 4 is 11.6 Å². The van der Waals surface area contributed by atoms with E-state index in [1.54, 1.807) is 12.1 Å². The molecule has 0 spiro atoms. The van der Waals surface area contributed by atoms with Crippen molar-refractivity contribution in [1.29, 1.82) is 10.5 Å². The van der Waals surface area contributed by atoms with E-state index < -0.39 is 5.82 Å². The van der Waals surface area contributed by atoms with Gasteiger partial charge in [0.25, 0.3) is 0 Å². The molecule has 0 heterocycles. The maximum absolute atomic E-state index is 13.0. The number of benzene rings is 1. The van der Waals surface area contributed by atoms with Crippen molar-refractivity contribution in [2.45, 2.75) is 0 Å². The van der Waals surface area contributed by atoms with Crippen LogP contribution in [-0.2, 0) is 4.79 Å². The van der Waals surface area contributed by atoms with Gasteiger partial charge in [-0.3, -0.25) is 4.79 Å². The molecule has 2 N–H and O–H groups in total. The summed E-state index contributed by atoms with van der Waals surface area (Å²) in [6.07, 6.45) is 0. The Morgan fingerprint density at radius 3 is 2.82 bits per heavy atom. The zero-order chi connectivity index (χ0) is 12.7. The Kier molecular flexibility index (Phi) is 4.46. The Labute approximate surface area is 97.5 Å². The lowest BCUT2D eigenvalue weighted by molar-refractivity contribution is -0.119. The van der Waals surface area contributed by atoms with Crippen molar-refractivity contribution < 1.29 is 9.18 Å². The summed E-state index contributed by atoms with van der Waals surface area (Å²) in [6.45, 7) is -0.106. The highest BCUT2D eigenvalue weighted by Crippen LogP contribution is 2.13.